The highest BCUT2D eigenvalue weighted by atomic mass is 32.2. The Morgan fingerprint density at radius 3 is 2.64 bits per heavy atom. The Hall–Kier alpha value is 0.0700. The molecule has 1 rings (SSSR count). The summed E-state index contributed by atoms with van der Waals surface area (Å²) in [4.78, 5) is 2.41. The van der Waals surface area contributed by atoms with E-state index >= 15 is 0 Å². The van der Waals surface area contributed by atoms with Crippen LogP contribution in [-0.2, 0) is 10.8 Å². The van der Waals surface area contributed by atoms with E-state index in [4.69, 9.17) is 5.73 Å². The lowest BCUT2D eigenvalue weighted by Gasteiger charge is -2.16. The molecule has 0 aliphatic carbocycles. The van der Waals surface area contributed by atoms with Crippen molar-refractivity contribution in [3.05, 3.63) is 0 Å². The van der Waals surface area contributed by atoms with Crippen molar-refractivity contribution in [2.45, 2.75) is 31.4 Å². The second-order valence-corrected chi connectivity index (χ2v) is 6.00. The second kappa shape index (κ2) is 6.53. The molecule has 1 fully saturated rings. The molecule has 0 amide bonds. The average molecular weight is 218 g/mol. The van der Waals surface area contributed by atoms with Gasteiger partial charge in [0.1, 0.15) is 0 Å². The lowest BCUT2D eigenvalue weighted by atomic mass is 10.3. The maximum absolute atomic E-state index is 11.7. The molecule has 2 N–H and O–H groups in total. The van der Waals surface area contributed by atoms with E-state index in [2.05, 4.69) is 4.90 Å². The number of nitrogens with two attached hydrogens (primary N) is 1. The summed E-state index contributed by atoms with van der Waals surface area (Å²) in [6.07, 6.45) is 3.50. The maximum Gasteiger partial charge on any atom is 0.0365 e. The summed E-state index contributed by atoms with van der Waals surface area (Å²) in [6.45, 7) is 6.08. The van der Waals surface area contributed by atoms with Gasteiger partial charge >= 0.3 is 0 Å². The minimum absolute atomic E-state index is 0.266. The van der Waals surface area contributed by atoms with E-state index in [0.29, 0.717) is 6.54 Å². The molecule has 84 valence electrons. The summed E-state index contributed by atoms with van der Waals surface area (Å²) in [7, 11) is -0.682. The molecule has 2 atom stereocenters. The molecule has 0 saturated carbocycles. The van der Waals surface area contributed by atoms with Gasteiger partial charge in [-0.3, -0.25) is 4.21 Å². The Morgan fingerprint density at radius 2 is 2.07 bits per heavy atom. The normalized spacial score (nSPS) is 22.4. The highest BCUT2D eigenvalue weighted by Crippen LogP contribution is 2.08. The summed E-state index contributed by atoms with van der Waals surface area (Å²) in [6, 6.07) is 0. The van der Waals surface area contributed by atoms with Gasteiger partial charge < -0.3 is 10.6 Å². The molecule has 0 spiro atoms. The first kappa shape index (κ1) is 12.1. The Labute approximate surface area is 89.5 Å². The van der Waals surface area contributed by atoms with E-state index in [9.17, 15) is 4.21 Å². The van der Waals surface area contributed by atoms with Gasteiger partial charge in [-0.1, -0.05) is 6.92 Å². The van der Waals surface area contributed by atoms with Crippen LogP contribution in [0.2, 0.25) is 0 Å². The van der Waals surface area contributed by atoms with Crippen LogP contribution < -0.4 is 5.73 Å². The third kappa shape index (κ3) is 4.07. The van der Waals surface area contributed by atoms with Crippen LogP contribution in [0.25, 0.3) is 0 Å². The Kier molecular flexibility index (Phi) is 5.67. The fourth-order valence-corrected chi connectivity index (χ4v) is 3.03. The van der Waals surface area contributed by atoms with Gasteiger partial charge in [0.15, 0.2) is 0 Å². The first-order valence-corrected chi connectivity index (χ1v) is 6.92. The highest BCUT2D eigenvalue weighted by Gasteiger charge is 2.14. The zero-order chi connectivity index (χ0) is 10.4. The van der Waals surface area contributed by atoms with Crippen LogP contribution in [0.5, 0.6) is 0 Å². The fourth-order valence-electron chi connectivity index (χ4n) is 1.79. The minimum atomic E-state index is -0.682. The van der Waals surface area contributed by atoms with E-state index in [1.165, 1.54) is 25.9 Å². The number of hydrogen-bond acceptors (Lipinski definition) is 3. The highest BCUT2D eigenvalue weighted by molar-refractivity contribution is 7.85. The van der Waals surface area contributed by atoms with Gasteiger partial charge in [0.25, 0.3) is 0 Å². The molecular weight excluding hydrogens is 196 g/mol. The molecule has 1 aliphatic heterocycles. The predicted molar refractivity (Wildman–Crippen MR) is 61.8 cm³/mol. The second-order valence-electron chi connectivity index (χ2n) is 4.02. The molecule has 0 radical (unpaired) electrons. The van der Waals surface area contributed by atoms with Crippen LogP contribution in [0.3, 0.4) is 0 Å². The van der Waals surface area contributed by atoms with Crippen molar-refractivity contribution in [1.82, 2.24) is 4.90 Å². The molecule has 4 heteroatoms. The first-order chi connectivity index (χ1) is 6.74. The van der Waals surface area contributed by atoms with Crippen molar-refractivity contribution in [2.75, 3.05) is 31.9 Å². The average Bonchev–Trinajstić information content (AvgIpc) is 2.67. The standard InChI is InChI=1S/C10H22N2OS/c1-10(4-5-11)14(13)9-8-12-6-2-3-7-12/h10H,2-9,11H2,1H3. The van der Waals surface area contributed by atoms with Gasteiger partial charge in [-0.05, 0) is 38.9 Å². The van der Waals surface area contributed by atoms with Crippen LogP contribution in [0.4, 0.5) is 0 Å². The molecule has 14 heavy (non-hydrogen) atoms. The smallest absolute Gasteiger partial charge is 0.0365 e. The van der Waals surface area contributed by atoms with Crippen LogP contribution in [0.1, 0.15) is 26.2 Å². The van der Waals surface area contributed by atoms with Gasteiger partial charge in [-0.25, -0.2) is 0 Å². The third-order valence-corrected chi connectivity index (χ3v) is 4.55. The van der Waals surface area contributed by atoms with Gasteiger partial charge in [-0.15, -0.1) is 0 Å². The molecule has 0 aromatic carbocycles. The summed E-state index contributed by atoms with van der Waals surface area (Å²) >= 11 is 0. The van der Waals surface area contributed by atoms with E-state index in [-0.39, 0.29) is 5.25 Å². The molecule has 1 heterocycles. The summed E-state index contributed by atoms with van der Waals surface area (Å²) < 4.78 is 11.7. The van der Waals surface area contributed by atoms with Crippen LogP contribution >= 0.6 is 0 Å². The zero-order valence-corrected chi connectivity index (χ0v) is 9.89. The lowest BCUT2D eigenvalue weighted by molar-refractivity contribution is 0.360. The minimum Gasteiger partial charge on any atom is -0.330 e. The molecule has 2 unspecified atom stereocenters. The number of nitrogens with zero attached hydrogens (tertiary/aromatic N) is 1. The number of likely N-dealkylation sites (tertiary alicyclic amines) is 1. The zero-order valence-electron chi connectivity index (χ0n) is 9.08. The molecule has 3 nitrogen and oxygen atoms in total. The number of hydrogen-bond donors (Lipinski definition) is 1. The van der Waals surface area contributed by atoms with E-state index in [0.717, 1.165) is 18.7 Å². The van der Waals surface area contributed by atoms with E-state index in [1.807, 2.05) is 6.92 Å². The lowest BCUT2D eigenvalue weighted by Crippen LogP contribution is -2.28. The van der Waals surface area contributed by atoms with Gasteiger partial charge in [0.05, 0.1) is 0 Å². The molecule has 0 aromatic rings. The van der Waals surface area contributed by atoms with Gasteiger partial charge in [-0.2, -0.15) is 0 Å². The van der Waals surface area contributed by atoms with Crippen molar-refractivity contribution in [3.8, 4) is 0 Å². The first-order valence-electron chi connectivity index (χ1n) is 5.53. The molecular formula is C10H22N2OS. The van der Waals surface area contributed by atoms with E-state index in [1.54, 1.807) is 0 Å². The predicted octanol–water partition coefficient (Wildman–Crippen LogP) is 0.568. The third-order valence-electron chi connectivity index (χ3n) is 2.83. The Balaban J connectivity index is 2.13. The summed E-state index contributed by atoms with van der Waals surface area (Å²) in [5.74, 6) is 0.821. The van der Waals surface area contributed by atoms with Crippen molar-refractivity contribution < 1.29 is 4.21 Å². The molecule has 0 bridgehead atoms. The van der Waals surface area contributed by atoms with Crippen LogP contribution in [0, 0.1) is 0 Å². The van der Waals surface area contributed by atoms with Crippen molar-refractivity contribution in [2.24, 2.45) is 5.73 Å². The number of rotatable bonds is 6. The fraction of sp³-hybridized carbons (Fsp3) is 1.00. The van der Waals surface area contributed by atoms with Crippen LogP contribution in [-0.4, -0.2) is 46.3 Å². The maximum atomic E-state index is 11.7. The Morgan fingerprint density at radius 1 is 1.43 bits per heavy atom. The molecule has 1 saturated heterocycles. The Bertz CT molecular complexity index is 181. The van der Waals surface area contributed by atoms with Crippen molar-refractivity contribution in [1.29, 1.82) is 0 Å². The topological polar surface area (TPSA) is 46.3 Å². The molecule has 0 aromatic heterocycles. The summed E-state index contributed by atoms with van der Waals surface area (Å²) in [5.41, 5.74) is 5.44. The van der Waals surface area contributed by atoms with Crippen LogP contribution in [0.15, 0.2) is 0 Å². The monoisotopic (exact) mass is 218 g/mol. The summed E-state index contributed by atoms with van der Waals surface area (Å²) in [5, 5.41) is 0.266. The van der Waals surface area contributed by atoms with Crippen molar-refractivity contribution >= 4 is 10.8 Å². The molecule has 1 aliphatic rings. The largest absolute Gasteiger partial charge is 0.330 e. The van der Waals surface area contributed by atoms with Gasteiger partial charge in [0.2, 0.25) is 0 Å². The SMILES string of the molecule is CC(CCN)S(=O)CCN1CCCC1. The van der Waals surface area contributed by atoms with Gasteiger partial charge in [0, 0.05) is 28.3 Å². The quantitative estimate of drug-likeness (QED) is 0.709. The van der Waals surface area contributed by atoms with E-state index < -0.39 is 10.8 Å². The van der Waals surface area contributed by atoms with Crippen molar-refractivity contribution in [3.63, 3.8) is 0 Å².